The summed E-state index contributed by atoms with van der Waals surface area (Å²) in [6.45, 7) is 4.50. The van der Waals surface area contributed by atoms with Crippen molar-refractivity contribution in [1.82, 2.24) is 5.32 Å². The first-order valence-corrected chi connectivity index (χ1v) is 11.2. The van der Waals surface area contributed by atoms with Gasteiger partial charge in [-0.2, -0.15) is 0 Å². The molecule has 2 N–H and O–H groups in total. The molecule has 0 bridgehead atoms. The second-order valence-corrected chi connectivity index (χ2v) is 8.68. The maximum absolute atomic E-state index is 12.7. The molecule has 1 atom stereocenters. The molecule has 1 aliphatic rings. The van der Waals surface area contributed by atoms with Gasteiger partial charge < -0.3 is 15.5 Å². The number of rotatable bonds is 5. The van der Waals surface area contributed by atoms with Crippen LogP contribution in [0.3, 0.4) is 0 Å². The first kappa shape index (κ1) is 21.0. The number of anilines is 2. The van der Waals surface area contributed by atoms with E-state index in [2.05, 4.69) is 22.8 Å². The van der Waals surface area contributed by atoms with Crippen LogP contribution in [0.5, 0.6) is 0 Å². The van der Waals surface area contributed by atoms with Gasteiger partial charge in [-0.1, -0.05) is 60.2 Å². The Balaban J connectivity index is 1.49. The highest BCUT2D eigenvalue weighted by Gasteiger charge is 2.25. The van der Waals surface area contributed by atoms with E-state index >= 15 is 0 Å². The van der Waals surface area contributed by atoms with Crippen molar-refractivity contribution in [1.29, 1.82) is 0 Å². The lowest BCUT2D eigenvalue weighted by Crippen LogP contribution is -2.35. The minimum atomic E-state index is -0.281. The molecular weight excluding hydrogens is 406 g/mol. The van der Waals surface area contributed by atoms with Crippen molar-refractivity contribution < 1.29 is 9.59 Å². The van der Waals surface area contributed by atoms with Crippen LogP contribution in [0.4, 0.5) is 16.2 Å². The quantitative estimate of drug-likeness (QED) is 0.559. The number of benzene rings is 3. The Bertz CT molecular complexity index is 1080. The number of aryl methyl sites for hydroxylation is 1. The molecule has 0 aromatic heterocycles. The fourth-order valence-electron chi connectivity index (χ4n) is 3.52. The van der Waals surface area contributed by atoms with Crippen molar-refractivity contribution in [3.05, 3.63) is 89.5 Å². The highest BCUT2D eigenvalue weighted by Crippen LogP contribution is 2.38. The topological polar surface area (TPSA) is 61.4 Å². The maximum atomic E-state index is 12.7. The average molecular weight is 432 g/mol. The summed E-state index contributed by atoms with van der Waals surface area (Å²) in [5.74, 6) is 0.484. The molecule has 0 aliphatic carbocycles. The van der Waals surface area contributed by atoms with E-state index < -0.39 is 0 Å². The summed E-state index contributed by atoms with van der Waals surface area (Å²) in [7, 11) is 0. The van der Waals surface area contributed by atoms with Crippen LogP contribution in [0.25, 0.3) is 0 Å². The van der Waals surface area contributed by atoms with Gasteiger partial charge in [0, 0.05) is 10.6 Å². The Morgan fingerprint density at radius 3 is 2.55 bits per heavy atom. The van der Waals surface area contributed by atoms with Crippen LogP contribution in [0.2, 0.25) is 0 Å². The van der Waals surface area contributed by atoms with E-state index in [4.69, 9.17) is 0 Å². The van der Waals surface area contributed by atoms with Crippen molar-refractivity contribution in [3.8, 4) is 0 Å². The summed E-state index contributed by atoms with van der Waals surface area (Å²) in [5, 5.41) is 5.86. The number of hydrogen-bond acceptors (Lipinski definition) is 3. The van der Waals surface area contributed by atoms with E-state index in [9.17, 15) is 9.59 Å². The predicted molar refractivity (Wildman–Crippen MR) is 127 cm³/mol. The third kappa shape index (κ3) is 5.09. The Morgan fingerprint density at radius 1 is 1.06 bits per heavy atom. The van der Waals surface area contributed by atoms with Crippen LogP contribution >= 0.6 is 11.8 Å². The molecule has 6 heteroatoms. The summed E-state index contributed by atoms with van der Waals surface area (Å²) in [4.78, 5) is 28.0. The molecule has 3 aromatic carbocycles. The van der Waals surface area contributed by atoms with E-state index in [1.807, 2.05) is 74.5 Å². The number of hydrogen-bond donors (Lipinski definition) is 2. The average Bonchev–Trinajstić information content (AvgIpc) is 2.77. The second-order valence-electron chi connectivity index (χ2n) is 7.67. The number of fused-ring (bicyclic) bond motifs is 1. The highest BCUT2D eigenvalue weighted by atomic mass is 32.2. The van der Waals surface area contributed by atoms with Gasteiger partial charge in [-0.3, -0.25) is 4.79 Å². The molecule has 3 aromatic rings. The minimum Gasteiger partial charge on any atom is -0.331 e. The normalized spacial score (nSPS) is 14.0. The maximum Gasteiger partial charge on any atom is 0.319 e. The number of nitrogens with zero attached hydrogens (tertiary/aromatic N) is 1. The molecule has 0 radical (unpaired) electrons. The molecule has 5 nitrogen and oxygen atoms in total. The zero-order valence-corrected chi connectivity index (χ0v) is 18.4. The van der Waals surface area contributed by atoms with Gasteiger partial charge in [0.05, 0.1) is 24.0 Å². The summed E-state index contributed by atoms with van der Waals surface area (Å²) < 4.78 is 0. The van der Waals surface area contributed by atoms with Crippen molar-refractivity contribution in [3.63, 3.8) is 0 Å². The SMILES string of the molecule is Cc1ccc(CN2C(=O)CSc3ccc(NC(=O)NC(C)c4ccccc4)cc32)cc1. The number of carbonyl (C=O) groups excluding carboxylic acids is 2. The Labute approximate surface area is 186 Å². The van der Waals surface area contributed by atoms with Crippen molar-refractivity contribution in [2.45, 2.75) is 31.3 Å². The van der Waals surface area contributed by atoms with Gasteiger partial charge in [0.1, 0.15) is 0 Å². The van der Waals surface area contributed by atoms with Gasteiger partial charge in [-0.15, -0.1) is 11.8 Å². The smallest absolute Gasteiger partial charge is 0.319 e. The van der Waals surface area contributed by atoms with Crippen LogP contribution < -0.4 is 15.5 Å². The fourth-order valence-corrected chi connectivity index (χ4v) is 4.43. The van der Waals surface area contributed by atoms with Gasteiger partial charge in [-0.25, -0.2) is 4.79 Å². The first-order valence-electron chi connectivity index (χ1n) is 10.2. The zero-order valence-electron chi connectivity index (χ0n) is 17.6. The lowest BCUT2D eigenvalue weighted by Gasteiger charge is -2.29. The van der Waals surface area contributed by atoms with Crippen molar-refractivity contribution >= 4 is 35.1 Å². The van der Waals surface area contributed by atoms with Gasteiger partial charge in [0.2, 0.25) is 5.91 Å². The number of amides is 3. The van der Waals surface area contributed by atoms with Gasteiger partial charge >= 0.3 is 6.03 Å². The van der Waals surface area contributed by atoms with E-state index in [0.717, 1.165) is 21.7 Å². The minimum absolute atomic E-state index is 0.0670. The molecule has 31 heavy (non-hydrogen) atoms. The van der Waals surface area contributed by atoms with Crippen LogP contribution in [-0.4, -0.2) is 17.7 Å². The summed E-state index contributed by atoms with van der Waals surface area (Å²) in [5.41, 5.74) is 4.78. The molecule has 4 rings (SSSR count). The van der Waals surface area contributed by atoms with Crippen LogP contribution in [-0.2, 0) is 11.3 Å². The van der Waals surface area contributed by atoms with Crippen molar-refractivity contribution in [2.24, 2.45) is 0 Å². The molecule has 158 valence electrons. The number of carbonyl (C=O) groups is 2. The molecule has 0 saturated heterocycles. The molecule has 1 aliphatic heterocycles. The van der Waals surface area contributed by atoms with Crippen LogP contribution in [0.1, 0.15) is 29.7 Å². The molecule has 1 heterocycles. The zero-order chi connectivity index (χ0) is 21.8. The summed E-state index contributed by atoms with van der Waals surface area (Å²) in [6.07, 6.45) is 0. The largest absolute Gasteiger partial charge is 0.331 e. The molecule has 0 fully saturated rings. The number of urea groups is 1. The van der Waals surface area contributed by atoms with Crippen LogP contribution in [0.15, 0.2) is 77.7 Å². The lowest BCUT2D eigenvalue weighted by molar-refractivity contribution is -0.116. The second kappa shape index (κ2) is 9.27. The predicted octanol–water partition coefficient (Wildman–Crippen LogP) is 5.52. The van der Waals surface area contributed by atoms with Gasteiger partial charge in [-0.05, 0) is 43.2 Å². The third-order valence-electron chi connectivity index (χ3n) is 5.27. The van der Waals surface area contributed by atoms with E-state index in [1.54, 1.807) is 4.90 Å². The lowest BCUT2D eigenvalue weighted by atomic mass is 10.1. The Kier molecular flexibility index (Phi) is 6.28. The standard InChI is InChI=1S/C25H25N3O2S/c1-17-8-10-19(11-9-17)15-28-22-14-21(12-13-23(22)31-16-24(28)29)27-25(30)26-18(2)20-6-4-3-5-7-20/h3-14,18H,15-16H2,1-2H3,(H2,26,27,30). The summed E-state index contributed by atoms with van der Waals surface area (Å²) in [6, 6.07) is 23.3. The monoisotopic (exact) mass is 431 g/mol. The Morgan fingerprint density at radius 2 is 1.81 bits per heavy atom. The number of nitrogens with one attached hydrogen (secondary N) is 2. The Hall–Kier alpha value is -3.25. The molecule has 0 saturated carbocycles. The van der Waals surface area contributed by atoms with Gasteiger partial charge in [0.25, 0.3) is 0 Å². The fraction of sp³-hybridized carbons (Fsp3) is 0.200. The molecule has 3 amide bonds. The van der Waals surface area contributed by atoms with Crippen LogP contribution in [0, 0.1) is 6.92 Å². The molecular formula is C25H25N3O2S. The summed E-state index contributed by atoms with van der Waals surface area (Å²) >= 11 is 1.53. The first-order chi connectivity index (χ1) is 15.0. The molecule has 1 unspecified atom stereocenters. The number of thioether (sulfide) groups is 1. The molecule has 0 spiro atoms. The highest BCUT2D eigenvalue weighted by molar-refractivity contribution is 8.00. The third-order valence-corrected chi connectivity index (χ3v) is 6.32. The van der Waals surface area contributed by atoms with Crippen molar-refractivity contribution in [2.75, 3.05) is 16.0 Å². The van der Waals surface area contributed by atoms with E-state index in [1.165, 1.54) is 17.3 Å². The van der Waals surface area contributed by atoms with E-state index in [0.29, 0.717) is 18.0 Å². The van der Waals surface area contributed by atoms with Gasteiger partial charge in [0.15, 0.2) is 0 Å². The van der Waals surface area contributed by atoms with E-state index in [-0.39, 0.29) is 18.0 Å².